The van der Waals surface area contributed by atoms with Crippen molar-refractivity contribution >= 4 is 45.7 Å². The van der Waals surface area contributed by atoms with E-state index < -0.39 is 6.04 Å². The van der Waals surface area contributed by atoms with Crippen LogP contribution < -0.4 is 10.6 Å². The summed E-state index contributed by atoms with van der Waals surface area (Å²) in [6, 6.07) is 20.3. The third kappa shape index (κ3) is 3.52. The molecule has 2 N–H and O–H groups in total. The van der Waals surface area contributed by atoms with E-state index in [2.05, 4.69) is 15.7 Å². The number of amides is 2. The molecule has 1 atom stereocenters. The van der Waals surface area contributed by atoms with E-state index in [1.54, 1.807) is 4.68 Å². The SMILES string of the molecule is CCc1nn2c(c1-c1ccc(Cl)cc1)NC(=O)C2CC(=O)Nc1cccc2ccccc12. The van der Waals surface area contributed by atoms with Crippen LogP contribution in [-0.4, -0.2) is 21.6 Å². The zero-order valence-corrected chi connectivity index (χ0v) is 18.2. The molecule has 3 aromatic carbocycles. The van der Waals surface area contributed by atoms with Crippen LogP contribution in [-0.2, 0) is 16.0 Å². The van der Waals surface area contributed by atoms with Gasteiger partial charge in [0.25, 0.3) is 5.91 Å². The Labute approximate surface area is 190 Å². The van der Waals surface area contributed by atoms with Gasteiger partial charge in [-0.1, -0.05) is 67.1 Å². The van der Waals surface area contributed by atoms with Crippen LogP contribution in [0.3, 0.4) is 0 Å². The number of halogens is 1. The molecule has 0 aliphatic carbocycles. The Morgan fingerprint density at radius 1 is 1.09 bits per heavy atom. The summed E-state index contributed by atoms with van der Waals surface area (Å²) in [7, 11) is 0. The zero-order valence-electron chi connectivity index (χ0n) is 17.4. The number of anilines is 2. The molecule has 2 amide bonds. The molecule has 0 spiro atoms. The Morgan fingerprint density at radius 3 is 2.62 bits per heavy atom. The lowest BCUT2D eigenvalue weighted by molar-refractivity contribution is -0.123. The number of rotatable bonds is 5. The third-order valence-electron chi connectivity index (χ3n) is 5.73. The third-order valence-corrected chi connectivity index (χ3v) is 5.98. The van der Waals surface area contributed by atoms with E-state index in [0.29, 0.717) is 17.3 Å². The number of carbonyl (C=O) groups excluding carboxylic acids is 2. The number of hydrogen-bond acceptors (Lipinski definition) is 3. The first-order chi connectivity index (χ1) is 15.5. The van der Waals surface area contributed by atoms with Gasteiger partial charge in [-0.3, -0.25) is 9.59 Å². The molecule has 0 bridgehead atoms. The van der Waals surface area contributed by atoms with Gasteiger partial charge in [0.15, 0.2) is 0 Å². The van der Waals surface area contributed by atoms with Crippen LogP contribution in [0.5, 0.6) is 0 Å². The molecule has 7 heteroatoms. The van der Waals surface area contributed by atoms with Gasteiger partial charge in [0.1, 0.15) is 11.9 Å². The minimum Gasteiger partial charge on any atom is -0.325 e. The maximum absolute atomic E-state index is 12.9. The van der Waals surface area contributed by atoms with Gasteiger partial charge in [0, 0.05) is 21.7 Å². The molecule has 1 aliphatic rings. The molecule has 0 saturated carbocycles. The summed E-state index contributed by atoms with van der Waals surface area (Å²) in [6.07, 6.45) is 0.690. The van der Waals surface area contributed by atoms with E-state index in [-0.39, 0.29) is 18.2 Å². The average molecular weight is 445 g/mol. The number of aryl methyl sites for hydroxylation is 1. The quantitative estimate of drug-likeness (QED) is 0.430. The van der Waals surface area contributed by atoms with E-state index in [1.807, 2.05) is 73.7 Å². The lowest BCUT2D eigenvalue weighted by Gasteiger charge is -2.12. The average Bonchev–Trinajstić information content (AvgIpc) is 3.30. The molecular formula is C25H21ClN4O2. The molecule has 1 aromatic heterocycles. The maximum atomic E-state index is 12.9. The molecule has 5 rings (SSSR count). The van der Waals surface area contributed by atoms with Crippen molar-refractivity contribution in [3.05, 3.63) is 77.4 Å². The first-order valence-corrected chi connectivity index (χ1v) is 10.9. The lowest BCUT2D eigenvalue weighted by atomic mass is 10.0. The molecule has 160 valence electrons. The molecule has 32 heavy (non-hydrogen) atoms. The van der Waals surface area contributed by atoms with Crippen LogP contribution in [0.15, 0.2) is 66.7 Å². The van der Waals surface area contributed by atoms with Crippen molar-refractivity contribution in [2.75, 3.05) is 10.6 Å². The molecule has 2 heterocycles. The highest BCUT2D eigenvalue weighted by Crippen LogP contribution is 2.39. The summed E-state index contributed by atoms with van der Waals surface area (Å²) in [5.74, 6) is 0.145. The van der Waals surface area contributed by atoms with Gasteiger partial charge in [0.05, 0.1) is 12.1 Å². The molecule has 0 saturated heterocycles. The van der Waals surface area contributed by atoms with Gasteiger partial charge in [-0.2, -0.15) is 5.10 Å². The molecule has 0 fully saturated rings. The number of hydrogen-bond donors (Lipinski definition) is 2. The van der Waals surface area contributed by atoms with Gasteiger partial charge in [-0.15, -0.1) is 0 Å². The standard InChI is InChI=1S/C25H21ClN4O2/c1-2-19-23(16-10-12-17(26)13-11-16)24-28-25(32)21(30(24)29-19)14-22(31)27-20-9-5-7-15-6-3-4-8-18(15)20/h3-13,21H,2,14H2,1H3,(H,27,31)(H,28,32). The van der Waals surface area contributed by atoms with E-state index in [9.17, 15) is 9.59 Å². The van der Waals surface area contributed by atoms with Crippen molar-refractivity contribution < 1.29 is 9.59 Å². The molecule has 0 radical (unpaired) electrons. The van der Waals surface area contributed by atoms with Crippen LogP contribution in [0.2, 0.25) is 5.02 Å². The van der Waals surface area contributed by atoms with Crippen molar-refractivity contribution in [3.8, 4) is 11.1 Å². The van der Waals surface area contributed by atoms with Crippen LogP contribution >= 0.6 is 11.6 Å². The second-order valence-corrected chi connectivity index (χ2v) is 8.20. The summed E-state index contributed by atoms with van der Waals surface area (Å²) < 4.78 is 1.65. The van der Waals surface area contributed by atoms with Crippen LogP contribution in [0.1, 0.15) is 25.1 Å². The minimum atomic E-state index is -0.702. The first-order valence-electron chi connectivity index (χ1n) is 10.5. The molecule has 1 unspecified atom stereocenters. The number of benzene rings is 3. The van der Waals surface area contributed by atoms with Crippen molar-refractivity contribution in [1.29, 1.82) is 0 Å². The summed E-state index contributed by atoms with van der Waals surface area (Å²) >= 11 is 6.04. The Bertz CT molecular complexity index is 1340. The summed E-state index contributed by atoms with van der Waals surface area (Å²) in [4.78, 5) is 25.6. The van der Waals surface area contributed by atoms with Crippen molar-refractivity contribution in [1.82, 2.24) is 9.78 Å². The van der Waals surface area contributed by atoms with Gasteiger partial charge in [0.2, 0.25) is 5.91 Å². The smallest absolute Gasteiger partial charge is 0.251 e. The van der Waals surface area contributed by atoms with Crippen LogP contribution in [0, 0.1) is 0 Å². The van der Waals surface area contributed by atoms with Gasteiger partial charge >= 0.3 is 0 Å². The fourth-order valence-corrected chi connectivity index (χ4v) is 4.32. The highest BCUT2D eigenvalue weighted by molar-refractivity contribution is 6.30. The fourth-order valence-electron chi connectivity index (χ4n) is 4.20. The highest BCUT2D eigenvalue weighted by atomic mass is 35.5. The number of nitrogens with zero attached hydrogens (tertiary/aromatic N) is 2. The van der Waals surface area contributed by atoms with Gasteiger partial charge in [-0.25, -0.2) is 4.68 Å². The predicted molar refractivity (Wildman–Crippen MR) is 127 cm³/mol. The summed E-state index contributed by atoms with van der Waals surface area (Å²) in [6.45, 7) is 2.02. The van der Waals surface area contributed by atoms with Crippen molar-refractivity contribution in [3.63, 3.8) is 0 Å². The fraction of sp³-hybridized carbons (Fsp3) is 0.160. The maximum Gasteiger partial charge on any atom is 0.251 e. The normalized spacial score (nSPS) is 14.9. The van der Waals surface area contributed by atoms with E-state index in [0.717, 1.165) is 33.3 Å². The number of aromatic nitrogens is 2. The Hall–Kier alpha value is -3.64. The Morgan fingerprint density at radius 2 is 1.84 bits per heavy atom. The topological polar surface area (TPSA) is 76.0 Å². The van der Waals surface area contributed by atoms with E-state index >= 15 is 0 Å². The lowest BCUT2D eigenvalue weighted by Crippen LogP contribution is -2.24. The summed E-state index contributed by atoms with van der Waals surface area (Å²) in [5, 5.41) is 13.2. The summed E-state index contributed by atoms with van der Waals surface area (Å²) in [5.41, 5.74) is 3.38. The van der Waals surface area contributed by atoms with Crippen LogP contribution in [0.4, 0.5) is 11.5 Å². The second-order valence-electron chi connectivity index (χ2n) is 7.76. The minimum absolute atomic E-state index is 0.00700. The molecule has 6 nitrogen and oxygen atoms in total. The Kier molecular flexibility index (Phi) is 5.15. The van der Waals surface area contributed by atoms with E-state index in [1.165, 1.54) is 0 Å². The molecule has 4 aromatic rings. The Balaban J connectivity index is 1.43. The van der Waals surface area contributed by atoms with Gasteiger partial charge in [-0.05, 0) is 35.6 Å². The molecular weight excluding hydrogens is 424 g/mol. The van der Waals surface area contributed by atoms with Crippen molar-refractivity contribution in [2.45, 2.75) is 25.8 Å². The number of nitrogens with one attached hydrogen (secondary N) is 2. The van der Waals surface area contributed by atoms with E-state index in [4.69, 9.17) is 11.6 Å². The highest BCUT2D eigenvalue weighted by Gasteiger charge is 2.36. The predicted octanol–water partition coefficient (Wildman–Crippen LogP) is 5.44. The first kappa shape index (κ1) is 20.3. The second kappa shape index (κ2) is 8.13. The number of carbonyl (C=O) groups is 2. The monoisotopic (exact) mass is 444 g/mol. The largest absolute Gasteiger partial charge is 0.325 e. The number of fused-ring (bicyclic) bond motifs is 2. The zero-order chi connectivity index (χ0) is 22.2. The van der Waals surface area contributed by atoms with Gasteiger partial charge < -0.3 is 10.6 Å². The molecule has 1 aliphatic heterocycles. The van der Waals surface area contributed by atoms with Crippen molar-refractivity contribution in [2.24, 2.45) is 0 Å². The van der Waals surface area contributed by atoms with Crippen LogP contribution in [0.25, 0.3) is 21.9 Å².